The monoisotopic (exact) mass is 359 g/mol. The fourth-order valence-corrected chi connectivity index (χ4v) is 3.56. The second-order valence-corrected chi connectivity index (χ2v) is 7.00. The van der Waals surface area contributed by atoms with Gasteiger partial charge in [-0.1, -0.05) is 24.8 Å². The van der Waals surface area contributed by atoms with Crippen LogP contribution in [-0.4, -0.2) is 50.5 Å². The van der Waals surface area contributed by atoms with Gasteiger partial charge in [-0.25, -0.2) is 4.39 Å². The van der Waals surface area contributed by atoms with Crippen LogP contribution in [0.1, 0.15) is 11.3 Å². The summed E-state index contributed by atoms with van der Waals surface area (Å²) in [5.74, 6) is -0.140. The smallest absolute Gasteiger partial charge is 0.128 e. The van der Waals surface area contributed by atoms with Crippen molar-refractivity contribution >= 4 is 0 Å². The second kappa shape index (κ2) is 9.67. The molecule has 1 aliphatic rings. The Morgan fingerprint density at radius 1 is 1.19 bits per heavy atom. The Hall–Kier alpha value is -1.95. The Labute approximate surface area is 155 Å². The molecule has 2 N–H and O–H groups in total. The van der Waals surface area contributed by atoms with Crippen LogP contribution in [0.2, 0.25) is 0 Å². The SMILES string of the molecule is C=CC[NH+](CC[NH+]1CCOCC1)Cc1cccn1Cc1ccccc1F. The number of rotatable bonds is 9. The maximum atomic E-state index is 14.0. The van der Waals surface area contributed by atoms with E-state index in [0.29, 0.717) is 6.54 Å². The summed E-state index contributed by atoms with van der Waals surface area (Å²) in [6.07, 6.45) is 4.04. The maximum Gasteiger partial charge on any atom is 0.128 e. The molecule has 1 atom stereocenters. The zero-order valence-electron chi connectivity index (χ0n) is 15.4. The molecule has 1 aromatic carbocycles. The van der Waals surface area contributed by atoms with E-state index in [-0.39, 0.29) is 5.82 Å². The first kappa shape index (κ1) is 18.8. The van der Waals surface area contributed by atoms with Crippen molar-refractivity contribution in [2.24, 2.45) is 0 Å². The summed E-state index contributed by atoms with van der Waals surface area (Å²) in [6, 6.07) is 11.2. The van der Waals surface area contributed by atoms with Crippen LogP contribution in [0.5, 0.6) is 0 Å². The Balaban J connectivity index is 1.61. The molecule has 0 saturated carbocycles. The number of hydrogen-bond donors (Lipinski definition) is 2. The number of nitrogens with one attached hydrogen (secondary N) is 2. The third-order valence-electron chi connectivity index (χ3n) is 5.12. The third-order valence-corrected chi connectivity index (χ3v) is 5.12. The lowest BCUT2D eigenvalue weighted by Crippen LogP contribution is -3.20. The van der Waals surface area contributed by atoms with E-state index in [0.717, 1.165) is 58.0 Å². The van der Waals surface area contributed by atoms with Crippen LogP contribution in [0.4, 0.5) is 4.39 Å². The molecule has 0 aliphatic carbocycles. The van der Waals surface area contributed by atoms with Crippen LogP contribution in [0, 0.1) is 5.82 Å². The molecule has 1 unspecified atom stereocenters. The molecule has 0 bridgehead atoms. The minimum Gasteiger partial charge on any atom is -0.370 e. The van der Waals surface area contributed by atoms with E-state index < -0.39 is 0 Å². The summed E-state index contributed by atoms with van der Waals surface area (Å²) < 4.78 is 21.6. The van der Waals surface area contributed by atoms with Crippen LogP contribution in [-0.2, 0) is 17.8 Å². The van der Waals surface area contributed by atoms with Gasteiger partial charge in [-0.05, 0) is 24.3 Å². The maximum absolute atomic E-state index is 14.0. The molecule has 0 spiro atoms. The van der Waals surface area contributed by atoms with Crippen molar-refractivity contribution in [1.29, 1.82) is 0 Å². The van der Waals surface area contributed by atoms with Gasteiger partial charge in [0, 0.05) is 11.8 Å². The fraction of sp³-hybridized carbons (Fsp3) is 0.429. The number of benzene rings is 1. The van der Waals surface area contributed by atoms with Gasteiger partial charge in [0.25, 0.3) is 0 Å². The molecule has 2 aromatic rings. The topological polar surface area (TPSA) is 23.0 Å². The number of halogens is 1. The van der Waals surface area contributed by atoms with E-state index in [2.05, 4.69) is 23.3 Å². The van der Waals surface area contributed by atoms with Gasteiger partial charge < -0.3 is 19.1 Å². The van der Waals surface area contributed by atoms with Gasteiger partial charge in [-0.3, -0.25) is 0 Å². The summed E-state index contributed by atoms with van der Waals surface area (Å²) >= 11 is 0. The fourth-order valence-electron chi connectivity index (χ4n) is 3.56. The molecule has 1 aliphatic heterocycles. The van der Waals surface area contributed by atoms with Gasteiger partial charge in [-0.15, -0.1) is 0 Å². The number of aromatic nitrogens is 1. The van der Waals surface area contributed by atoms with E-state index in [4.69, 9.17) is 4.74 Å². The van der Waals surface area contributed by atoms with E-state index in [1.165, 1.54) is 16.7 Å². The minimum absolute atomic E-state index is 0.140. The van der Waals surface area contributed by atoms with Crippen LogP contribution in [0.15, 0.2) is 55.3 Å². The number of nitrogens with zero attached hydrogens (tertiary/aromatic N) is 1. The van der Waals surface area contributed by atoms with Gasteiger partial charge in [0.2, 0.25) is 0 Å². The van der Waals surface area contributed by atoms with Gasteiger partial charge in [0.05, 0.1) is 32.0 Å². The van der Waals surface area contributed by atoms with Crippen LogP contribution >= 0.6 is 0 Å². The van der Waals surface area contributed by atoms with Crippen molar-refractivity contribution in [2.75, 3.05) is 45.9 Å². The van der Waals surface area contributed by atoms with E-state index >= 15 is 0 Å². The summed E-state index contributed by atoms with van der Waals surface area (Å²) in [4.78, 5) is 3.12. The number of quaternary nitrogens is 2. The first-order valence-electron chi connectivity index (χ1n) is 9.49. The lowest BCUT2D eigenvalue weighted by atomic mass is 10.2. The van der Waals surface area contributed by atoms with Crippen molar-refractivity contribution in [1.82, 2.24) is 4.57 Å². The summed E-state index contributed by atoms with van der Waals surface area (Å²) in [6.45, 7) is 12.6. The molecule has 26 heavy (non-hydrogen) atoms. The van der Waals surface area contributed by atoms with Gasteiger partial charge in [0.15, 0.2) is 0 Å². The Morgan fingerprint density at radius 3 is 2.77 bits per heavy atom. The van der Waals surface area contributed by atoms with Crippen molar-refractivity contribution in [3.8, 4) is 0 Å². The molecule has 1 fully saturated rings. The first-order valence-corrected chi connectivity index (χ1v) is 9.49. The summed E-state index contributed by atoms with van der Waals surface area (Å²) in [7, 11) is 0. The van der Waals surface area contributed by atoms with Crippen LogP contribution in [0.3, 0.4) is 0 Å². The van der Waals surface area contributed by atoms with Gasteiger partial charge in [0.1, 0.15) is 38.5 Å². The zero-order valence-corrected chi connectivity index (χ0v) is 15.4. The highest BCUT2D eigenvalue weighted by Gasteiger charge is 2.18. The summed E-state index contributed by atoms with van der Waals surface area (Å²) in [5, 5.41) is 0. The number of ether oxygens (including phenoxy) is 1. The second-order valence-electron chi connectivity index (χ2n) is 7.00. The molecule has 1 aromatic heterocycles. The van der Waals surface area contributed by atoms with E-state index in [1.807, 2.05) is 24.4 Å². The predicted molar refractivity (Wildman–Crippen MR) is 101 cm³/mol. The third kappa shape index (κ3) is 5.27. The normalized spacial score (nSPS) is 16.5. The molecule has 4 nitrogen and oxygen atoms in total. The molecule has 5 heteroatoms. The molecule has 3 rings (SSSR count). The average molecular weight is 359 g/mol. The molecule has 1 saturated heterocycles. The lowest BCUT2D eigenvalue weighted by Gasteiger charge is -2.26. The van der Waals surface area contributed by atoms with Crippen molar-refractivity contribution in [3.63, 3.8) is 0 Å². The first-order chi connectivity index (χ1) is 12.8. The van der Waals surface area contributed by atoms with Crippen LogP contribution < -0.4 is 9.80 Å². The average Bonchev–Trinajstić information content (AvgIpc) is 3.09. The van der Waals surface area contributed by atoms with Crippen molar-refractivity contribution in [2.45, 2.75) is 13.1 Å². The largest absolute Gasteiger partial charge is 0.370 e. The van der Waals surface area contributed by atoms with Gasteiger partial charge >= 0.3 is 0 Å². The Bertz CT molecular complexity index is 694. The molecular formula is C21H30FN3O+2. The summed E-state index contributed by atoms with van der Waals surface area (Å²) in [5.41, 5.74) is 1.97. The predicted octanol–water partition coefficient (Wildman–Crippen LogP) is 0.162. The Morgan fingerprint density at radius 2 is 2.00 bits per heavy atom. The zero-order chi connectivity index (χ0) is 18.2. The van der Waals surface area contributed by atoms with Crippen LogP contribution in [0.25, 0.3) is 0 Å². The van der Waals surface area contributed by atoms with Crippen molar-refractivity contribution < 1.29 is 18.9 Å². The van der Waals surface area contributed by atoms with E-state index in [1.54, 1.807) is 11.0 Å². The quantitative estimate of drug-likeness (QED) is 0.612. The molecule has 140 valence electrons. The molecule has 2 heterocycles. The standard InChI is InChI=1S/C21H28FN3O/c1-2-9-24(12-11-23-13-15-26-16-14-23)18-20-7-5-10-25(20)17-19-6-3-4-8-21(19)22/h2-8,10H,1,9,11-18H2/p+2. The highest BCUT2D eigenvalue weighted by molar-refractivity contribution is 5.19. The highest BCUT2D eigenvalue weighted by atomic mass is 19.1. The molecule has 0 amide bonds. The minimum atomic E-state index is -0.140. The van der Waals surface area contributed by atoms with Crippen molar-refractivity contribution in [3.05, 3.63) is 72.3 Å². The number of morpholine rings is 1. The molecule has 0 radical (unpaired) electrons. The highest BCUT2D eigenvalue weighted by Crippen LogP contribution is 2.11. The Kier molecular flexibility index (Phi) is 7.00. The molecular weight excluding hydrogens is 329 g/mol. The lowest BCUT2D eigenvalue weighted by molar-refractivity contribution is -0.965. The number of hydrogen-bond acceptors (Lipinski definition) is 1. The van der Waals surface area contributed by atoms with Gasteiger partial charge in [-0.2, -0.15) is 0 Å². The van der Waals surface area contributed by atoms with E-state index in [9.17, 15) is 4.39 Å².